The van der Waals surface area contributed by atoms with E-state index < -0.39 is 5.41 Å². The van der Waals surface area contributed by atoms with Gasteiger partial charge < -0.3 is 10.1 Å². The Morgan fingerprint density at radius 1 is 1.60 bits per heavy atom. The number of rotatable bonds is 3. The first-order valence-corrected chi connectivity index (χ1v) is 5.09. The molecule has 4 nitrogen and oxygen atoms in total. The second kappa shape index (κ2) is 5.15. The molecule has 82 valence electrons. The van der Waals surface area contributed by atoms with Gasteiger partial charge in [0.1, 0.15) is 5.41 Å². The molecule has 1 aliphatic heterocycles. The van der Waals surface area contributed by atoms with Gasteiger partial charge in [-0.2, -0.15) is 5.26 Å². The average Bonchev–Trinajstić information content (AvgIpc) is 2.26. The molecule has 5 heteroatoms. The van der Waals surface area contributed by atoms with Crippen LogP contribution in [-0.4, -0.2) is 25.7 Å². The van der Waals surface area contributed by atoms with Crippen molar-refractivity contribution in [2.24, 2.45) is 5.41 Å². The molecular formula is C10H13ClN2O2. The van der Waals surface area contributed by atoms with E-state index in [1.54, 1.807) is 0 Å². The molecule has 0 aliphatic carbocycles. The van der Waals surface area contributed by atoms with Crippen LogP contribution in [0.1, 0.15) is 12.8 Å². The molecule has 1 N–H and O–H groups in total. The fourth-order valence-corrected chi connectivity index (χ4v) is 1.52. The lowest BCUT2D eigenvalue weighted by Crippen LogP contribution is -2.44. The van der Waals surface area contributed by atoms with Crippen molar-refractivity contribution >= 4 is 17.5 Å². The number of nitrogens with zero attached hydrogens (tertiary/aromatic N) is 1. The third kappa shape index (κ3) is 2.95. The smallest absolute Gasteiger partial charge is 0.240 e. The van der Waals surface area contributed by atoms with Gasteiger partial charge in [0.05, 0.1) is 12.6 Å². The van der Waals surface area contributed by atoms with Crippen LogP contribution in [0.5, 0.6) is 0 Å². The number of carbonyl (C=O) groups is 1. The molecule has 0 atom stereocenters. The average molecular weight is 229 g/mol. The fraction of sp³-hybridized carbons (Fsp3) is 0.600. The molecule has 1 aliphatic rings. The summed E-state index contributed by atoms with van der Waals surface area (Å²) < 4.78 is 5.13. The van der Waals surface area contributed by atoms with E-state index in [9.17, 15) is 4.79 Å². The molecule has 1 rings (SSSR count). The summed E-state index contributed by atoms with van der Waals surface area (Å²) in [7, 11) is 0. The van der Waals surface area contributed by atoms with Gasteiger partial charge in [0.2, 0.25) is 5.91 Å². The van der Waals surface area contributed by atoms with Gasteiger partial charge in [-0.05, 0) is 12.8 Å². The van der Waals surface area contributed by atoms with E-state index in [0.717, 1.165) is 0 Å². The molecule has 1 amide bonds. The summed E-state index contributed by atoms with van der Waals surface area (Å²) >= 11 is 5.53. The Morgan fingerprint density at radius 3 is 2.67 bits per heavy atom. The SMILES string of the molecule is C=C(Cl)CNC(=O)C1(C#N)CCOCC1. The van der Waals surface area contributed by atoms with Crippen LogP contribution in [0.3, 0.4) is 0 Å². The van der Waals surface area contributed by atoms with Gasteiger partial charge in [-0.1, -0.05) is 18.2 Å². The molecule has 1 fully saturated rings. The first kappa shape index (κ1) is 12.0. The highest BCUT2D eigenvalue weighted by atomic mass is 35.5. The highest BCUT2D eigenvalue weighted by Crippen LogP contribution is 2.29. The highest BCUT2D eigenvalue weighted by molar-refractivity contribution is 6.29. The number of hydrogen-bond donors (Lipinski definition) is 1. The minimum Gasteiger partial charge on any atom is -0.381 e. The van der Waals surface area contributed by atoms with Crippen LogP contribution in [0.2, 0.25) is 0 Å². The molecule has 0 radical (unpaired) electrons. The Bertz CT molecular complexity index is 303. The van der Waals surface area contributed by atoms with Gasteiger partial charge >= 0.3 is 0 Å². The Morgan fingerprint density at radius 2 is 2.20 bits per heavy atom. The zero-order valence-corrected chi connectivity index (χ0v) is 9.14. The van der Waals surface area contributed by atoms with Crippen molar-refractivity contribution in [3.63, 3.8) is 0 Å². The Labute approximate surface area is 93.8 Å². The molecule has 0 aromatic carbocycles. The first-order chi connectivity index (χ1) is 7.10. The van der Waals surface area contributed by atoms with E-state index in [4.69, 9.17) is 21.6 Å². The highest BCUT2D eigenvalue weighted by Gasteiger charge is 2.40. The van der Waals surface area contributed by atoms with Gasteiger partial charge in [-0.25, -0.2) is 0 Å². The van der Waals surface area contributed by atoms with Crippen LogP contribution >= 0.6 is 11.6 Å². The normalized spacial score (nSPS) is 18.9. The molecule has 0 aromatic rings. The van der Waals surface area contributed by atoms with Crippen LogP contribution in [-0.2, 0) is 9.53 Å². The maximum Gasteiger partial charge on any atom is 0.240 e. The van der Waals surface area contributed by atoms with E-state index in [1.807, 2.05) is 0 Å². The van der Waals surface area contributed by atoms with Crippen LogP contribution in [0.4, 0.5) is 0 Å². The number of nitrogens with one attached hydrogen (secondary N) is 1. The van der Waals surface area contributed by atoms with Crippen molar-refractivity contribution in [2.45, 2.75) is 12.8 Å². The maximum absolute atomic E-state index is 11.8. The fourth-order valence-electron chi connectivity index (χ4n) is 1.45. The van der Waals surface area contributed by atoms with Crippen LogP contribution in [0.25, 0.3) is 0 Å². The van der Waals surface area contributed by atoms with Crippen molar-refractivity contribution in [1.29, 1.82) is 5.26 Å². The van der Waals surface area contributed by atoms with E-state index in [-0.39, 0.29) is 12.5 Å². The third-order valence-electron chi connectivity index (χ3n) is 2.44. The molecular weight excluding hydrogens is 216 g/mol. The summed E-state index contributed by atoms with van der Waals surface area (Å²) in [4.78, 5) is 11.8. The predicted octanol–water partition coefficient (Wildman–Crippen LogP) is 1.18. The Kier molecular flexibility index (Phi) is 4.13. The number of halogens is 1. The standard InChI is InChI=1S/C10H13ClN2O2/c1-8(11)6-13-9(14)10(7-12)2-4-15-5-3-10/h1-6H2,(H,13,14). The third-order valence-corrected chi connectivity index (χ3v) is 2.57. The monoisotopic (exact) mass is 228 g/mol. The quantitative estimate of drug-likeness (QED) is 0.789. The van der Waals surface area contributed by atoms with Gasteiger partial charge in [0, 0.05) is 18.2 Å². The number of hydrogen-bond acceptors (Lipinski definition) is 3. The molecule has 1 saturated heterocycles. The lowest BCUT2D eigenvalue weighted by Gasteiger charge is -2.29. The van der Waals surface area contributed by atoms with Crippen LogP contribution < -0.4 is 5.32 Å². The van der Waals surface area contributed by atoms with Gasteiger partial charge in [0.15, 0.2) is 0 Å². The molecule has 0 unspecified atom stereocenters. The summed E-state index contributed by atoms with van der Waals surface area (Å²) in [6, 6.07) is 2.08. The van der Waals surface area contributed by atoms with Gasteiger partial charge in [-0.3, -0.25) is 4.79 Å². The minimum absolute atomic E-state index is 0.199. The van der Waals surface area contributed by atoms with Crippen molar-refractivity contribution in [3.8, 4) is 6.07 Å². The number of nitriles is 1. The predicted molar refractivity (Wildman–Crippen MR) is 56.1 cm³/mol. The van der Waals surface area contributed by atoms with E-state index in [1.165, 1.54) is 0 Å². The van der Waals surface area contributed by atoms with Crippen molar-refractivity contribution in [2.75, 3.05) is 19.8 Å². The maximum atomic E-state index is 11.8. The number of amides is 1. The lowest BCUT2D eigenvalue weighted by molar-refractivity contribution is -0.132. The first-order valence-electron chi connectivity index (χ1n) is 4.71. The Balaban J connectivity index is 2.61. The zero-order chi connectivity index (χ0) is 11.3. The molecule has 1 heterocycles. The summed E-state index contributed by atoms with van der Waals surface area (Å²) in [6.45, 7) is 4.56. The molecule has 0 spiro atoms. The molecule has 0 aromatic heterocycles. The van der Waals surface area contributed by atoms with E-state index in [2.05, 4.69) is 18.0 Å². The van der Waals surface area contributed by atoms with Crippen molar-refractivity contribution in [3.05, 3.63) is 11.6 Å². The topological polar surface area (TPSA) is 62.1 Å². The second-order valence-electron chi connectivity index (χ2n) is 3.51. The molecule has 15 heavy (non-hydrogen) atoms. The van der Waals surface area contributed by atoms with Crippen LogP contribution in [0.15, 0.2) is 11.6 Å². The lowest BCUT2D eigenvalue weighted by atomic mass is 9.81. The summed E-state index contributed by atoms with van der Waals surface area (Å²) in [6.07, 6.45) is 0.869. The Hall–Kier alpha value is -1.05. The van der Waals surface area contributed by atoms with Crippen molar-refractivity contribution < 1.29 is 9.53 Å². The summed E-state index contributed by atoms with van der Waals surface area (Å²) in [5.41, 5.74) is -0.954. The number of ether oxygens (including phenoxy) is 1. The second-order valence-corrected chi connectivity index (χ2v) is 4.04. The van der Waals surface area contributed by atoms with Crippen molar-refractivity contribution in [1.82, 2.24) is 5.32 Å². The number of carbonyl (C=O) groups excluding carboxylic acids is 1. The zero-order valence-electron chi connectivity index (χ0n) is 8.38. The van der Waals surface area contributed by atoms with E-state index >= 15 is 0 Å². The minimum atomic E-state index is -0.954. The molecule has 0 saturated carbocycles. The van der Waals surface area contributed by atoms with Gasteiger partial charge in [-0.15, -0.1) is 0 Å². The van der Waals surface area contributed by atoms with E-state index in [0.29, 0.717) is 31.1 Å². The molecule has 0 bridgehead atoms. The van der Waals surface area contributed by atoms with Crippen LogP contribution in [0, 0.1) is 16.7 Å². The largest absolute Gasteiger partial charge is 0.381 e. The summed E-state index contributed by atoms with van der Waals surface area (Å²) in [5.74, 6) is -0.282. The summed E-state index contributed by atoms with van der Waals surface area (Å²) in [5, 5.41) is 12.0. The van der Waals surface area contributed by atoms with Gasteiger partial charge in [0.25, 0.3) is 0 Å².